The Balaban J connectivity index is -0.0000000800. The minimum Gasteiger partial charge on any atom is -0.850 e. The summed E-state index contributed by atoms with van der Waals surface area (Å²) in [6.45, 7) is 4.90. The first-order valence-corrected chi connectivity index (χ1v) is 1.70. The Morgan fingerprint density at radius 2 is 1.14 bits per heavy atom. The van der Waals surface area contributed by atoms with Crippen molar-refractivity contribution in [1.29, 1.82) is 0 Å². The van der Waals surface area contributed by atoms with Gasteiger partial charge in [-0.3, -0.25) is 0 Å². The van der Waals surface area contributed by atoms with E-state index in [1.165, 1.54) is 0 Å². The molecule has 0 rings (SSSR count). The van der Waals surface area contributed by atoms with Gasteiger partial charge in [0.25, 0.3) is 0 Å². The van der Waals surface area contributed by atoms with E-state index in [4.69, 9.17) is 0 Å². The van der Waals surface area contributed by atoms with Gasteiger partial charge in [-0.1, -0.05) is 20.8 Å². The van der Waals surface area contributed by atoms with Crippen molar-refractivity contribution in [2.45, 2.75) is 26.4 Å². The molecular weight excluding hydrogens is 103 g/mol. The van der Waals surface area contributed by atoms with Crippen LogP contribution in [0.3, 0.4) is 0 Å². The monoisotopic (exact) mass is 114 g/mol. The summed E-state index contributed by atoms with van der Waals surface area (Å²) in [7, 11) is 0. The minimum absolute atomic E-state index is 0. The molecule has 2 N–H and O–H groups in total. The van der Waals surface area contributed by atoms with Crippen LogP contribution >= 0.6 is 0 Å². The van der Waals surface area contributed by atoms with Crippen molar-refractivity contribution >= 4 is 0 Å². The second-order valence-corrected chi connectivity index (χ2v) is 2.11. The fourth-order valence-corrected chi connectivity index (χ4v) is 0. The summed E-state index contributed by atoms with van der Waals surface area (Å²) in [5, 5.41) is 10.1. The Morgan fingerprint density at radius 1 is 1.14 bits per heavy atom. The molecule has 7 heavy (non-hydrogen) atoms. The molecule has 40 valence electrons. The van der Waals surface area contributed by atoms with Gasteiger partial charge < -0.3 is 10.6 Å². The van der Waals surface area contributed by atoms with E-state index in [0.717, 1.165) is 0 Å². The average Bonchev–Trinajstić information content (AvgIpc) is 0.722. The van der Waals surface area contributed by atoms with Crippen LogP contribution in [0, 0.1) is 0 Å². The van der Waals surface area contributed by atoms with Crippen LogP contribution in [0.5, 0.6) is 0 Å². The zero-order chi connectivity index (χ0) is 4.50. The maximum Gasteiger partial charge on any atom is 1.00 e. The van der Waals surface area contributed by atoms with Gasteiger partial charge in [0.2, 0.25) is 0 Å². The molecule has 0 bridgehead atoms. The van der Waals surface area contributed by atoms with E-state index in [0.29, 0.717) is 0 Å². The first-order chi connectivity index (χ1) is 2.00. The van der Waals surface area contributed by atoms with Crippen LogP contribution in [0.25, 0.3) is 0 Å². The van der Waals surface area contributed by atoms with Gasteiger partial charge in [-0.2, -0.15) is 0 Å². The van der Waals surface area contributed by atoms with Crippen LogP contribution in [0.1, 0.15) is 20.8 Å². The quantitative estimate of drug-likeness (QED) is 0.299. The second kappa shape index (κ2) is 5.06. The molecule has 0 aromatic heterocycles. The molecule has 0 unspecified atom stereocenters. The summed E-state index contributed by atoms with van der Waals surface area (Å²) >= 11 is 0. The van der Waals surface area contributed by atoms with Crippen molar-refractivity contribution in [2.24, 2.45) is 0 Å². The van der Waals surface area contributed by atoms with Crippen molar-refractivity contribution in [3.05, 3.63) is 0 Å². The van der Waals surface area contributed by atoms with Gasteiger partial charge in [0.05, 0.1) is 0 Å². The van der Waals surface area contributed by atoms with Gasteiger partial charge in [0.1, 0.15) is 0 Å². The van der Waals surface area contributed by atoms with Crippen molar-refractivity contribution in [3.8, 4) is 0 Å². The fraction of sp³-hybridized carbons (Fsp3) is 1.00. The first-order valence-electron chi connectivity index (χ1n) is 1.70. The third-order valence-electron chi connectivity index (χ3n) is 0. The average molecular weight is 114 g/mol. The number of hydrogen-bond acceptors (Lipinski definition) is 1. The van der Waals surface area contributed by atoms with Crippen molar-refractivity contribution in [3.63, 3.8) is 0 Å². The molecule has 0 atom stereocenters. The molecule has 0 aliphatic carbocycles. The molecule has 3 heteroatoms. The van der Waals surface area contributed by atoms with Crippen LogP contribution < -0.4 is 34.7 Å². The third kappa shape index (κ3) is 198. The Bertz CT molecular complexity index is 25.2. The molecular formula is C4H11NaO2. The minimum atomic E-state index is -0.750. The topological polar surface area (TPSA) is 54.6 Å². The van der Waals surface area contributed by atoms with Gasteiger partial charge in [-0.25, -0.2) is 0 Å². The smallest absolute Gasteiger partial charge is 0.850 e. The van der Waals surface area contributed by atoms with E-state index in [2.05, 4.69) is 0 Å². The zero-order valence-electron chi connectivity index (χ0n) is 5.41. The van der Waals surface area contributed by atoms with Gasteiger partial charge in [0, 0.05) is 0 Å². The van der Waals surface area contributed by atoms with Gasteiger partial charge in [0.15, 0.2) is 0 Å². The predicted molar refractivity (Wildman–Crippen MR) is 23.4 cm³/mol. The summed E-state index contributed by atoms with van der Waals surface area (Å²) in [6, 6.07) is 0. The Morgan fingerprint density at radius 3 is 1.14 bits per heavy atom. The van der Waals surface area contributed by atoms with Crippen LogP contribution in [0.15, 0.2) is 0 Å². The largest absolute Gasteiger partial charge is 1.00 e. The SMILES string of the molecule is CC(C)(C)[O-].O.[Na+]. The summed E-state index contributed by atoms with van der Waals surface area (Å²) < 4.78 is 0. The van der Waals surface area contributed by atoms with Crippen LogP contribution in [-0.4, -0.2) is 11.1 Å². The summed E-state index contributed by atoms with van der Waals surface area (Å²) in [4.78, 5) is 0. The van der Waals surface area contributed by atoms with Crippen molar-refractivity contribution in [1.82, 2.24) is 0 Å². The number of hydrogen-bond donors (Lipinski definition) is 0. The molecule has 0 aromatic carbocycles. The van der Waals surface area contributed by atoms with Crippen molar-refractivity contribution < 1.29 is 40.1 Å². The van der Waals surface area contributed by atoms with Gasteiger partial charge in [-0.05, 0) is 0 Å². The Labute approximate surface area is 66.5 Å². The summed E-state index contributed by atoms with van der Waals surface area (Å²) in [6.07, 6.45) is 0. The molecule has 0 aliphatic heterocycles. The molecule has 0 fully saturated rings. The second-order valence-electron chi connectivity index (χ2n) is 2.11. The molecule has 0 saturated carbocycles. The normalized spacial score (nSPS) is 8.57. The molecule has 0 amide bonds. The van der Waals surface area contributed by atoms with E-state index < -0.39 is 5.60 Å². The van der Waals surface area contributed by atoms with E-state index in [1.54, 1.807) is 20.8 Å². The maximum absolute atomic E-state index is 10.1. The Hall–Kier alpha value is 0.920. The van der Waals surface area contributed by atoms with E-state index in [1.807, 2.05) is 0 Å². The molecule has 0 spiro atoms. The number of rotatable bonds is 0. The Kier molecular flexibility index (Phi) is 11.3. The van der Waals surface area contributed by atoms with E-state index >= 15 is 0 Å². The molecule has 0 aromatic rings. The van der Waals surface area contributed by atoms with Gasteiger partial charge >= 0.3 is 29.6 Å². The zero-order valence-corrected chi connectivity index (χ0v) is 7.41. The van der Waals surface area contributed by atoms with Gasteiger partial charge in [-0.15, -0.1) is 5.60 Å². The fourth-order valence-electron chi connectivity index (χ4n) is 0. The predicted octanol–water partition coefficient (Wildman–Crippen LogP) is -3.68. The van der Waals surface area contributed by atoms with Crippen LogP contribution in [0.4, 0.5) is 0 Å². The maximum atomic E-state index is 10.1. The molecule has 0 radical (unpaired) electrons. The standard InChI is InChI=1S/C4H9O.Na.H2O/c1-4(2,3)5;;/h1-3H3;;1H2/q-1;+1;. The molecule has 0 saturated heterocycles. The van der Waals surface area contributed by atoms with Crippen LogP contribution in [0.2, 0.25) is 0 Å². The summed E-state index contributed by atoms with van der Waals surface area (Å²) in [5.41, 5.74) is -0.750. The summed E-state index contributed by atoms with van der Waals surface area (Å²) in [5.74, 6) is 0. The van der Waals surface area contributed by atoms with Crippen molar-refractivity contribution in [2.75, 3.05) is 0 Å². The molecule has 0 heterocycles. The molecule has 0 aliphatic rings. The molecule has 2 nitrogen and oxygen atoms in total. The third-order valence-corrected chi connectivity index (χ3v) is 0. The van der Waals surface area contributed by atoms with Crippen LogP contribution in [-0.2, 0) is 0 Å². The first kappa shape index (κ1) is 15.7. The van der Waals surface area contributed by atoms with E-state index in [-0.39, 0.29) is 35.0 Å². The van der Waals surface area contributed by atoms with E-state index in [9.17, 15) is 5.11 Å².